The second-order valence-corrected chi connectivity index (χ2v) is 6.96. The Bertz CT molecular complexity index is 896. The van der Waals surface area contributed by atoms with Gasteiger partial charge in [0, 0.05) is 18.1 Å². The van der Waals surface area contributed by atoms with E-state index in [4.69, 9.17) is 0 Å². The van der Waals surface area contributed by atoms with E-state index in [1.54, 1.807) is 0 Å². The lowest BCUT2D eigenvalue weighted by Crippen LogP contribution is -2.32. The molecule has 1 unspecified atom stereocenters. The number of nitrogens with zero attached hydrogens (tertiary/aromatic N) is 1. The van der Waals surface area contributed by atoms with Crippen molar-refractivity contribution in [3.8, 4) is 0 Å². The average molecular weight is 383 g/mol. The molecule has 0 bridgehead atoms. The van der Waals surface area contributed by atoms with Gasteiger partial charge in [0.05, 0.1) is 11.1 Å². The van der Waals surface area contributed by atoms with Crippen LogP contribution in [0.5, 0.6) is 0 Å². The third-order valence-electron chi connectivity index (χ3n) is 4.01. The molecule has 2 N–H and O–H groups in total. The lowest BCUT2D eigenvalue weighted by atomic mass is 9.84. The Morgan fingerprint density at radius 3 is 2.69 bits per heavy atom. The highest BCUT2D eigenvalue weighted by Crippen LogP contribution is 2.41. The van der Waals surface area contributed by atoms with Crippen LogP contribution in [-0.4, -0.2) is 21.6 Å². The number of H-pyrrole nitrogens is 1. The number of hydrogen-bond donors (Lipinski definition) is 2. The standard InChI is InChI=1S/C17H16F3N3O2S/c1-2-7-26-16-22-14-13(15(25)23-16)10(8-12(24)21-14)9-5-3-4-6-11(9)17(18,19)20/h3-6,10H,2,7-8H2,1H3,(H2,21,22,23,24,25). The number of aromatic amines is 1. The van der Waals surface area contributed by atoms with E-state index in [1.165, 1.54) is 30.0 Å². The van der Waals surface area contributed by atoms with Gasteiger partial charge in [-0.2, -0.15) is 13.2 Å². The van der Waals surface area contributed by atoms with E-state index >= 15 is 0 Å². The molecular weight excluding hydrogens is 367 g/mol. The predicted octanol–water partition coefficient (Wildman–Crippen LogP) is 3.76. The molecule has 1 atom stereocenters. The van der Waals surface area contributed by atoms with E-state index in [0.717, 1.165) is 18.2 Å². The van der Waals surface area contributed by atoms with E-state index in [2.05, 4.69) is 15.3 Å². The van der Waals surface area contributed by atoms with Gasteiger partial charge in [-0.25, -0.2) is 4.98 Å². The second-order valence-electron chi connectivity index (χ2n) is 5.87. The van der Waals surface area contributed by atoms with E-state index < -0.39 is 29.1 Å². The van der Waals surface area contributed by atoms with E-state index in [-0.39, 0.29) is 23.4 Å². The number of benzene rings is 1. The lowest BCUT2D eigenvalue weighted by molar-refractivity contribution is -0.138. The number of thioether (sulfide) groups is 1. The van der Waals surface area contributed by atoms with Gasteiger partial charge in [0.1, 0.15) is 5.82 Å². The van der Waals surface area contributed by atoms with Crippen LogP contribution in [0.2, 0.25) is 0 Å². The molecule has 1 amide bonds. The zero-order valence-corrected chi connectivity index (χ0v) is 14.6. The van der Waals surface area contributed by atoms with Crippen molar-refractivity contribution in [3.05, 3.63) is 51.3 Å². The number of fused-ring (bicyclic) bond motifs is 1. The summed E-state index contributed by atoms with van der Waals surface area (Å²) in [6, 6.07) is 5.00. The molecule has 1 aliphatic heterocycles. The van der Waals surface area contributed by atoms with Crippen LogP contribution in [-0.2, 0) is 11.0 Å². The van der Waals surface area contributed by atoms with Crippen molar-refractivity contribution >= 4 is 23.5 Å². The normalized spacial score (nSPS) is 16.9. The maximum atomic E-state index is 13.4. The van der Waals surface area contributed by atoms with Crippen LogP contribution in [0.4, 0.5) is 19.0 Å². The lowest BCUT2D eigenvalue weighted by Gasteiger charge is -2.26. The summed E-state index contributed by atoms with van der Waals surface area (Å²) in [5, 5.41) is 2.84. The summed E-state index contributed by atoms with van der Waals surface area (Å²) in [4.78, 5) is 31.4. The number of halogens is 3. The number of rotatable bonds is 4. The van der Waals surface area contributed by atoms with Crippen molar-refractivity contribution in [2.75, 3.05) is 11.1 Å². The molecule has 2 aromatic rings. The van der Waals surface area contributed by atoms with E-state index in [9.17, 15) is 22.8 Å². The number of aromatic nitrogens is 2. The van der Waals surface area contributed by atoms with Crippen LogP contribution in [0.1, 0.15) is 42.4 Å². The first-order valence-electron chi connectivity index (χ1n) is 8.04. The third-order valence-corrected chi connectivity index (χ3v) is 5.09. The van der Waals surface area contributed by atoms with Gasteiger partial charge in [-0.05, 0) is 18.1 Å². The Hall–Kier alpha value is -2.29. The van der Waals surface area contributed by atoms with Crippen molar-refractivity contribution in [1.29, 1.82) is 0 Å². The molecular formula is C17H16F3N3O2S. The van der Waals surface area contributed by atoms with Crippen LogP contribution in [0, 0.1) is 0 Å². The molecule has 2 heterocycles. The van der Waals surface area contributed by atoms with Crippen LogP contribution >= 0.6 is 11.8 Å². The van der Waals surface area contributed by atoms with Gasteiger partial charge in [-0.3, -0.25) is 9.59 Å². The monoisotopic (exact) mass is 383 g/mol. The molecule has 0 saturated carbocycles. The minimum atomic E-state index is -4.58. The van der Waals surface area contributed by atoms with Gasteiger partial charge in [0.2, 0.25) is 5.91 Å². The summed E-state index contributed by atoms with van der Waals surface area (Å²) in [5.41, 5.74) is -1.43. The number of anilines is 1. The van der Waals surface area contributed by atoms with Gasteiger partial charge < -0.3 is 10.3 Å². The van der Waals surface area contributed by atoms with Crippen molar-refractivity contribution in [3.63, 3.8) is 0 Å². The molecule has 1 aromatic heterocycles. The number of nitrogens with one attached hydrogen (secondary N) is 2. The predicted molar refractivity (Wildman–Crippen MR) is 92.4 cm³/mol. The van der Waals surface area contributed by atoms with Gasteiger partial charge in [-0.15, -0.1) is 0 Å². The fourth-order valence-electron chi connectivity index (χ4n) is 2.94. The Balaban J connectivity index is 2.14. The van der Waals surface area contributed by atoms with Crippen molar-refractivity contribution in [2.45, 2.75) is 37.0 Å². The zero-order valence-electron chi connectivity index (χ0n) is 13.8. The quantitative estimate of drug-likeness (QED) is 0.623. The molecule has 0 aliphatic carbocycles. The Morgan fingerprint density at radius 2 is 2.00 bits per heavy atom. The Kier molecular flexibility index (Phi) is 5.08. The van der Waals surface area contributed by atoms with Gasteiger partial charge in [0.25, 0.3) is 5.56 Å². The summed E-state index contributed by atoms with van der Waals surface area (Å²) in [6.07, 6.45) is -3.96. The maximum absolute atomic E-state index is 13.4. The Labute approximate surface area is 151 Å². The minimum Gasteiger partial charge on any atom is -0.310 e. The van der Waals surface area contributed by atoms with Crippen LogP contribution in [0.3, 0.4) is 0 Å². The molecule has 0 spiro atoms. The highest BCUT2D eigenvalue weighted by atomic mass is 32.2. The molecule has 0 fully saturated rings. The van der Waals surface area contributed by atoms with Crippen LogP contribution in [0.15, 0.2) is 34.2 Å². The smallest absolute Gasteiger partial charge is 0.310 e. The largest absolute Gasteiger partial charge is 0.416 e. The second kappa shape index (κ2) is 7.14. The number of carbonyl (C=O) groups is 1. The highest BCUT2D eigenvalue weighted by molar-refractivity contribution is 7.99. The zero-order chi connectivity index (χ0) is 18.9. The summed E-state index contributed by atoms with van der Waals surface area (Å²) in [7, 11) is 0. The molecule has 5 nitrogen and oxygen atoms in total. The van der Waals surface area contributed by atoms with Gasteiger partial charge >= 0.3 is 6.18 Å². The molecule has 3 rings (SSSR count). The summed E-state index contributed by atoms with van der Waals surface area (Å²) in [6.45, 7) is 1.97. The number of amides is 1. The molecule has 1 aliphatic rings. The molecule has 26 heavy (non-hydrogen) atoms. The third kappa shape index (κ3) is 3.62. The van der Waals surface area contributed by atoms with E-state index in [0.29, 0.717) is 5.16 Å². The van der Waals surface area contributed by atoms with Crippen molar-refractivity contribution in [2.24, 2.45) is 0 Å². The van der Waals surface area contributed by atoms with Crippen molar-refractivity contribution < 1.29 is 18.0 Å². The summed E-state index contributed by atoms with van der Waals surface area (Å²) >= 11 is 1.32. The van der Waals surface area contributed by atoms with Crippen molar-refractivity contribution in [1.82, 2.24) is 9.97 Å². The number of hydrogen-bond acceptors (Lipinski definition) is 4. The molecule has 0 radical (unpaired) electrons. The fourth-order valence-corrected chi connectivity index (χ4v) is 3.66. The van der Waals surface area contributed by atoms with Crippen LogP contribution in [0.25, 0.3) is 0 Å². The number of alkyl halides is 3. The first kappa shape index (κ1) is 18.5. The molecule has 138 valence electrons. The maximum Gasteiger partial charge on any atom is 0.416 e. The fraction of sp³-hybridized carbons (Fsp3) is 0.353. The van der Waals surface area contributed by atoms with E-state index in [1.807, 2.05) is 6.92 Å². The molecule has 9 heteroatoms. The summed E-state index contributed by atoms with van der Waals surface area (Å²) < 4.78 is 40.1. The van der Waals surface area contributed by atoms with Crippen LogP contribution < -0.4 is 10.9 Å². The summed E-state index contributed by atoms with van der Waals surface area (Å²) in [5.74, 6) is -0.719. The molecule has 1 aromatic carbocycles. The SMILES string of the molecule is CCCSc1nc2c(c(=O)[nH]1)C(c1ccccc1C(F)(F)F)CC(=O)N2. The van der Waals surface area contributed by atoms with Gasteiger partial charge in [-0.1, -0.05) is 36.9 Å². The average Bonchev–Trinajstić information content (AvgIpc) is 2.58. The topological polar surface area (TPSA) is 74.8 Å². The molecule has 0 saturated heterocycles. The minimum absolute atomic E-state index is 0.0329. The first-order chi connectivity index (χ1) is 12.3. The highest BCUT2D eigenvalue weighted by Gasteiger charge is 2.39. The van der Waals surface area contributed by atoms with Gasteiger partial charge in [0.15, 0.2) is 5.16 Å². The number of carbonyl (C=O) groups excluding carboxylic acids is 1. The Morgan fingerprint density at radius 1 is 1.27 bits per heavy atom. The first-order valence-corrected chi connectivity index (χ1v) is 9.02.